The number of piperidine rings is 2. The average Bonchev–Trinajstić information content (AvgIpc) is 2.79. The summed E-state index contributed by atoms with van der Waals surface area (Å²) in [6.07, 6.45) is 9.56. The smallest absolute Gasteiger partial charge is 0.157 e. The summed E-state index contributed by atoms with van der Waals surface area (Å²) in [5.41, 5.74) is 11.3. The lowest BCUT2D eigenvalue weighted by Gasteiger charge is -2.32. The number of fused-ring (bicyclic) bond motifs is 1. The maximum absolute atomic E-state index is 6.23. The van der Waals surface area contributed by atoms with E-state index in [2.05, 4.69) is 44.0 Å². The van der Waals surface area contributed by atoms with Gasteiger partial charge in [0.2, 0.25) is 0 Å². The third-order valence-electron chi connectivity index (χ3n) is 6.08. The highest BCUT2D eigenvalue weighted by molar-refractivity contribution is 5.89. The van der Waals surface area contributed by atoms with Gasteiger partial charge in [0, 0.05) is 55.9 Å². The Morgan fingerprint density at radius 3 is 2.41 bits per heavy atom. The molecule has 2 saturated heterocycles. The van der Waals surface area contributed by atoms with E-state index in [1.807, 2.05) is 6.07 Å². The van der Waals surface area contributed by atoms with Crippen molar-refractivity contribution in [2.45, 2.75) is 38.1 Å². The molecule has 1 atom stereocenters. The molecule has 0 aliphatic carbocycles. The van der Waals surface area contributed by atoms with Crippen molar-refractivity contribution >= 4 is 22.5 Å². The van der Waals surface area contributed by atoms with Crippen molar-refractivity contribution in [1.82, 2.24) is 15.0 Å². The first-order valence-corrected chi connectivity index (χ1v) is 10.8. The SMILES string of the molecule is NC1CCCN(c2nc(-c3ccc(N4CCCCC4)cc3)cc3nccnc23)C1. The van der Waals surface area contributed by atoms with E-state index >= 15 is 0 Å². The van der Waals surface area contributed by atoms with Gasteiger partial charge in [0.15, 0.2) is 5.82 Å². The first-order valence-electron chi connectivity index (χ1n) is 10.8. The Morgan fingerprint density at radius 2 is 1.62 bits per heavy atom. The fourth-order valence-electron chi connectivity index (χ4n) is 4.52. The van der Waals surface area contributed by atoms with Gasteiger partial charge < -0.3 is 15.5 Å². The predicted molar refractivity (Wildman–Crippen MR) is 118 cm³/mol. The molecule has 150 valence electrons. The second kappa shape index (κ2) is 7.95. The Kier molecular flexibility index (Phi) is 5.02. The van der Waals surface area contributed by atoms with Gasteiger partial charge in [-0.3, -0.25) is 4.98 Å². The van der Waals surface area contributed by atoms with Crippen molar-refractivity contribution in [3.8, 4) is 11.3 Å². The molecule has 1 unspecified atom stereocenters. The predicted octanol–water partition coefficient (Wildman–Crippen LogP) is 3.61. The van der Waals surface area contributed by atoms with Gasteiger partial charge in [0.25, 0.3) is 0 Å². The number of nitrogens with two attached hydrogens (primary N) is 1. The minimum Gasteiger partial charge on any atom is -0.372 e. The van der Waals surface area contributed by atoms with Crippen LogP contribution >= 0.6 is 0 Å². The summed E-state index contributed by atoms with van der Waals surface area (Å²) in [5, 5.41) is 0. The quantitative estimate of drug-likeness (QED) is 0.739. The Balaban J connectivity index is 1.51. The molecule has 2 fully saturated rings. The number of rotatable bonds is 3. The van der Waals surface area contributed by atoms with Crippen LogP contribution in [0.15, 0.2) is 42.7 Å². The zero-order chi connectivity index (χ0) is 19.6. The number of hydrogen-bond donors (Lipinski definition) is 1. The fourth-order valence-corrected chi connectivity index (χ4v) is 4.52. The van der Waals surface area contributed by atoms with Gasteiger partial charge in [-0.2, -0.15) is 0 Å². The lowest BCUT2D eigenvalue weighted by molar-refractivity contribution is 0.504. The van der Waals surface area contributed by atoms with E-state index in [-0.39, 0.29) is 6.04 Å². The minimum absolute atomic E-state index is 0.185. The first kappa shape index (κ1) is 18.3. The van der Waals surface area contributed by atoms with Gasteiger partial charge in [0.05, 0.1) is 11.2 Å². The van der Waals surface area contributed by atoms with Crippen molar-refractivity contribution < 1.29 is 0 Å². The number of benzene rings is 1. The van der Waals surface area contributed by atoms with Crippen molar-refractivity contribution in [3.63, 3.8) is 0 Å². The summed E-state index contributed by atoms with van der Waals surface area (Å²) in [5.74, 6) is 0.904. The topological polar surface area (TPSA) is 71.2 Å². The number of nitrogens with zero attached hydrogens (tertiary/aromatic N) is 5. The van der Waals surface area contributed by atoms with E-state index in [9.17, 15) is 0 Å². The van der Waals surface area contributed by atoms with E-state index in [4.69, 9.17) is 10.7 Å². The molecule has 2 aliphatic heterocycles. The number of anilines is 2. The fraction of sp³-hybridized carbons (Fsp3) is 0.435. The van der Waals surface area contributed by atoms with Gasteiger partial charge in [-0.1, -0.05) is 12.1 Å². The summed E-state index contributed by atoms with van der Waals surface area (Å²) >= 11 is 0. The summed E-state index contributed by atoms with van der Waals surface area (Å²) in [6.45, 7) is 4.09. The standard InChI is InChI=1S/C23H28N6/c24-18-5-4-14-29(16-18)23-22-21(25-10-11-26-22)15-20(27-23)17-6-8-19(9-7-17)28-12-2-1-3-13-28/h6-11,15,18H,1-5,12-14,16,24H2. The Morgan fingerprint density at radius 1 is 0.862 bits per heavy atom. The van der Waals surface area contributed by atoms with Gasteiger partial charge in [-0.15, -0.1) is 0 Å². The normalized spacial score (nSPS) is 20.2. The van der Waals surface area contributed by atoms with E-state index < -0.39 is 0 Å². The molecule has 2 aromatic heterocycles. The molecule has 29 heavy (non-hydrogen) atoms. The van der Waals surface area contributed by atoms with Crippen LogP contribution in [0.5, 0.6) is 0 Å². The zero-order valence-corrected chi connectivity index (χ0v) is 16.8. The lowest BCUT2D eigenvalue weighted by atomic mass is 10.1. The molecule has 0 saturated carbocycles. The van der Waals surface area contributed by atoms with Gasteiger partial charge in [-0.25, -0.2) is 9.97 Å². The molecule has 0 radical (unpaired) electrons. The van der Waals surface area contributed by atoms with Crippen molar-refractivity contribution in [2.75, 3.05) is 36.0 Å². The van der Waals surface area contributed by atoms with Crippen LogP contribution in [0.25, 0.3) is 22.3 Å². The van der Waals surface area contributed by atoms with Crippen molar-refractivity contribution in [1.29, 1.82) is 0 Å². The second-order valence-corrected chi connectivity index (χ2v) is 8.20. The molecular formula is C23H28N6. The average molecular weight is 389 g/mol. The van der Waals surface area contributed by atoms with Gasteiger partial charge >= 0.3 is 0 Å². The number of aromatic nitrogens is 3. The van der Waals surface area contributed by atoms with Crippen LogP contribution in [0.1, 0.15) is 32.1 Å². The van der Waals surface area contributed by atoms with Gasteiger partial charge in [0.1, 0.15) is 5.52 Å². The summed E-state index contributed by atoms with van der Waals surface area (Å²) < 4.78 is 0. The highest BCUT2D eigenvalue weighted by Gasteiger charge is 2.22. The lowest BCUT2D eigenvalue weighted by Crippen LogP contribution is -2.43. The second-order valence-electron chi connectivity index (χ2n) is 8.20. The molecule has 2 N–H and O–H groups in total. The molecule has 6 heteroatoms. The number of hydrogen-bond acceptors (Lipinski definition) is 6. The van der Waals surface area contributed by atoms with Crippen LogP contribution in [0.3, 0.4) is 0 Å². The maximum atomic E-state index is 6.23. The van der Waals surface area contributed by atoms with E-state index in [1.54, 1.807) is 12.4 Å². The van der Waals surface area contributed by atoms with Crippen LogP contribution < -0.4 is 15.5 Å². The molecule has 6 nitrogen and oxygen atoms in total. The molecular weight excluding hydrogens is 360 g/mol. The highest BCUT2D eigenvalue weighted by atomic mass is 15.2. The molecule has 0 spiro atoms. The Bertz CT molecular complexity index is 980. The molecule has 4 heterocycles. The third kappa shape index (κ3) is 3.77. The molecule has 0 amide bonds. The van der Waals surface area contributed by atoms with E-state index in [1.165, 1.54) is 24.9 Å². The van der Waals surface area contributed by atoms with E-state index in [0.717, 1.165) is 67.1 Å². The summed E-state index contributed by atoms with van der Waals surface area (Å²) in [7, 11) is 0. The van der Waals surface area contributed by atoms with Crippen molar-refractivity contribution in [2.24, 2.45) is 5.73 Å². The Labute approximate surface area is 171 Å². The Hall–Kier alpha value is -2.73. The van der Waals surface area contributed by atoms with Crippen LogP contribution in [0.2, 0.25) is 0 Å². The largest absolute Gasteiger partial charge is 0.372 e. The van der Waals surface area contributed by atoms with Gasteiger partial charge in [-0.05, 0) is 50.3 Å². The molecule has 0 bridgehead atoms. The molecule has 1 aromatic carbocycles. The van der Waals surface area contributed by atoms with Crippen LogP contribution in [-0.2, 0) is 0 Å². The molecule has 5 rings (SSSR count). The van der Waals surface area contributed by atoms with E-state index in [0.29, 0.717) is 0 Å². The molecule has 3 aromatic rings. The maximum Gasteiger partial charge on any atom is 0.157 e. The molecule has 2 aliphatic rings. The van der Waals surface area contributed by atoms with Crippen LogP contribution in [0.4, 0.5) is 11.5 Å². The summed E-state index contributed by atoms with van der Waals surface area (Å²) in [6, 6.07) is 11.0. The monoisotopic (exact) mass is 388 g/mol. The summed E-state index contributed by atoms with van der Waals surface area (Å²) in [4.78, 5) is 18.9. The first-order chi connectivity index (χ1) is 14.3. The minimum atomic E-state index is 0.185. The number of pyridine rings is 1. The third-order valence-corrected chi connectivity index (χ3v) is 6.08. The van der Waals surface area contributed by atoms with Crippen LogP contribution in [-0.4, -0.2) is 47.2 Å². The zero-order valence-electron chi connectivity index (χ0n) is 16.8. The van der Waals surface area contributed by atoms with Crippen molar-refractivity contribution in [3.05, 3.63) is 42.7 Å². The highest BCUT2D eigenvalue weighted by Crippen LogP contribution is 2.30. The van der Waals surface area contributed by atoms with Crippen LogP contribution in [0, 0.1) is 0 Å².